The van der Waals surface area contributed by atoms with Gasteiger partial charge in [-0.25, -0.2) is 13.8 Å². The topological polar surface area (TPSA) is 110 Å². The van der Waals surface area contributed by atoms with Crippen LogP contribution in [0.3, 0.4) is 0 Å². The maximum absolute atomic E-state index is 13.8. The van der Waals surface area contributed by atoms with Crippen molar-refractivity contribution in [2.75, 3.05) is 10.6 Å². The summed E-state index contributed by atoms with van der Waals surface area (Å²) in [6, 6.07) is 11.9. The number of pyridine rings is 2. The van der Waals surface area contributed by atoms with Crippen LogP contribution in [0.1, 0.15) is 17.2 Å². The molecule has 1 aliphatic heterocycles. The van der Waals surface area contributed by atoms with Gasteiger partial charge >= 0.3 is 0 Å². The minimum absolute atomic E-state index is 0.133. The lowest BCUT2D eigenvalue weighted by atomic mass is 10.0. The summed E-state index contributed by atoms with van der Waals surface area (Å²) in [4.78, 5) is 7.67. The molecule has 2 aromatic carbocycles. The number of rotatable bonds is 6. The molecule has 0 saturated heterocycles. The average Bonchev–Trinajstić information content (AvgIpc) is 3.40. The standard InChI is InChI=1S/C24H16ClF3N8/c25-18-6-15(33-22(20-11-32-36-35-20)12-1-3-14(26)4-2-12)5-17-21(13(8-29)9-30-23(17)18)34-16-7-19(27)24(28)31-10-16/h1-7,9-11,22,32-33,35-36H,(H,30,34)/t22-/m0/s1. The summed E-state index contributed by atoms with van der Waals surface area (Å²) in [7, 11) is 0. The van der Waals surface area contributed by atoms with Crippen molar-refractivity contribution < 1.29 is 13.2 Å². The van der Waals surface area contributed by atoms with Crippen LogP contribution in [0.25, 0.3) is 10.9 Å². The third-order valence-corrected chi connectivity index (χ3v) is 5.73. The van der Waals surface area contributed by atoms with Crippen molar-refractivity contribution in [2.45, 2.75) is 6.04 Å². The summed E-state index contributed by atoms with van der Waals surface area (Å²) in [6.07, 6.45) is 4.16. The maximum atomic E-state index is 13.8. The Morgan fingerprint density at radius 1 is 1.00 bits per heavy atom. The number of nitriles is 1. The molecule has 0 amide bonds. The maximum Gasteiger partial charge on any atom is 0.249 e. The van der Waals surface area contributed by atoms with Gasteiger partial charge in [-0.3, -0.25) is 4.98 Å². The van der Waals surface area contributed by atoms with Gasteiger partial charge in [-0.1, -0.05) is 23.7 Å². The molecule has 0 aliphatic carbocycles. The predicted molar refractivity (Wildman–Crippen MR) is 129 cm³/mol. The summed E-state index contributed by atoms with van der Waals surface area (Å²) in [5, 5.41) is 16.7. The van der Waals surface area contributed by atoms with E-state index in [1.807, 2.05) is 6.07 Å². The normalized spacial score (nSPS) is 13.4. The highest BCUT2D eigenvalue weighted by Crippen LogP contribution is 2.36. The Morgan fingerprint density at radius 2 is 1.81 bits per heavy atom. The van der Waals surface area contributed by atoms with Gasteiger partial charge in [0.05, 0.1) is 45.4 Å². The predicted octanol–water partition coefficient (Wildman–Crippen LogP) is 4.92. The van der Waals surface area contributed by atoms with Crippen LogP contribution in [0.2, 0.25) is 5.02 Å². The lowest BCUT2D eigenvalue weighted by Gasteiger charge is -2.22. The Hall–Kier alpha value is -4.53. The molecule has 36 heavy (non-hydrogen) atoms. The van der Waals surface area contributed by atoms with Crippen LogP contribution in [0.4, 0.5) is 30.2 Å². The van der Waals surface area contributed by atoms with E-state index in [0.29, 0.717) is 28.0 Å². The van der Waals surface area contributed by atoms with Gasteiger partial charge in [0.15, 0.2) is 5.82 Å². The molecule has 5 rings (SSSR count). The van der Waals surface area contributed by atoms with Gasteiger partial charge in [0.1, 0.15) is 11.9 Å². The van der Waals surface area contributed by atoms with Crippen LogP contribution in [-0.2, 0) is 0 Å². The molecule has 0 bridgehead atoms. The number of halogens is 4. The number of hydrazine groups is 2. The SMILES string of the molecule is N#Cc1cnc2c(Cl)cc(N[C@H](C3=CNNN3)c3ccc(F)cc3)cc2c1Nc1cnc(F)c(F)c1. The van der Waals surface area contributed by atoms with Crippen LogP contribution in [0.5, 0.6) is 0 Å². The molecule has 8 nitrogen and oxygen atoms in total. The molecule has 0 fully saturated rings. The van der Waals surface area contributed by atoms with E-state index in [2.05, 4.69) is 37.0 Å². The number of hydrogen-bond donors (Lipinski definition) is 5. The first kappa shape index (κ1) is 23.2. The quantitative estimate of drug-likeness (QED) is 0.233. The fraction of sp³-hybridized carbons (Fsp3) is 0.0417. The lowest BCUT2D eigenvalue weighted by molar-refractivity contribution is 0.480. The first-order chi connectivity index (χ1) is 17.4. The molecule has 0 unspecified atom stereocenters. The van der Waals surface area contributed by atoms with E-state index in [4.69, 9.17) is 11.6 Å². The van der Waals surface area contributed by atoms with Gasteiger partial charge in [0.25, 0.3) is 0 Å². The first-order valence-electron chi connectivity index (χ1n) is 10.5. The van der Waals surface area contributed by atoms with E-state index in [1.54, 1.807) is 30.5 Å². The van der Waals surface area contributed by atoms with E-state index in [9.17, 15) is 18.4 Å². The molecule has 5 N–H and O–H groups in total. The number of benzene rings is 2. The molecular formula is C24H16ClF3N8. The number of nitrogens with zero attached hydrogens (tertiary/aromatic N) is 3. The van der Waals surface area contributed by atoms with Crippen molar-refractivity contribution in [3.8, 4) is 6.07 Å². The summed E-state index contributed by atoms with van der Waals surface area (Å²) < 4.78 is 40.6. The van der Waals surface area contributed by atoms with Crippen LogP contribution in [0.15, 0.2) is 66.8 Å². The molecule has 3 heterocycles. The van der Waals surface area contributed by atoms with Crippen molar-refractivity contribution >= 4 is 39.6 Å². The second-order valence-corrected chi connectivity index (χ2v) is 8.16. The minimum Gasteiger partial charge on any atom is -0.373 e. The van der Waals surface area contributed by atoms with E-state index in [1.165, 1.54) is 18.3 Å². The van der Waals surface area contributed by atoms with Crippen LogP contribution < -0.4 is 27.0 Å². The molecule has 0 spiro atoms. The molecular weight excluding hydrogens is 493 g/mol. The highest BCUT2D eigenvalue weighted by molar-refractivity contribution is 6.36. The van der Waals surface area contributed by atoms with Gasteiger partial charge in [0.2, 0.25) is 5.95 Å². The Labute approximate surface area is 207 Å². The minimum atomic E-state index is -1.24. The molecule has 12 heteroatoms. The monoisotopic (exact) mass is 508 g/mol. The van der Waals surface area contributed by atoms with Gasteiger partial charge in [-0.15, -0.1) is 0 Å². The van der Waals surface area contributed by atoms with Crippen molar-refractivity contribution in [2.24, 2.45) is 0 Å². The molecule has 1 aliphatic rings. The van der Waals surface area contributed by atoms with Gasteiger partial charge in [-0.2, -0.15) is 15.2 Å². The van der Waals surface area contributed by atoms with E-state index in [0.717, 1.165) is 17.8 Å². The first-order valence-corrected chi connectivity index (χ1v) is 10.9. The molecule has 180 valence electrons. The van der Waals surface area contributed by atoms with Crippen LogP contribution in [0, 0.1) is 28.9 Å². The fourth-order valence-electron chi connectivity index (χ4n) is 3.77. The second kappa shape index (κ2) is 9.61. The van der Waals surface area contributed by atoms with Gasteiger partial charge < -0.3 is 21.5 Å². The molecule has 4 aromatic rings. The average molecular weight is 509 g/mol. The van der Waals surface area contributed by atoms with Crippen molar-refractivity contribution in [3.63, 3.8) is 0 Å². The number of aromatic nitrogens is 2. The Bertz CT molecular complexity index is 1540. The summed E-state index contributed by atoms with van der Waals surface area (Å²) >= 11 is 6.55. The highest BCUT2D eigenvalue weighted by atomic mass is 35.5. The van der Waals surface area contributed by atoms with Crippen LogP contribution >= 0.6 is 11.6 Å². The van der Waals surface area contributed by atoms with Crippen molar-refractivity contribution in [1.82, 2.24) is 26.4 Å². The highest BCUT2D eigenvalue weighted by Gasteiger charge is 2.21. The van der Waals surface area contributed by atoms with E-state index < -0.39 is 17.8 Å². The lowest BCUT2D eigenvalue weighted by Crippen LogP contribution is -2.33. The third kappa shape index (κ3) is 4.55. The smallest absolute Gasteiger partial charge is 0.249 e. The fourth-order valence-corrected chi connectivity index (χ4v) is 4.04. The third-order valence-electron chi connectivity index (χ3n) is 5.44. The number of hydrogen-bond acceptors (Lipinski definition) is 8. The Morgan fingerprint density at radius 3 is 2.50 bits per heavy atom. The number of fused-ring (bicyclic) bond motifs is 1. The number of nitrogens with one attached hydrogen (secondary N) is 5. The zero-order valence-electron chi connectivity index (χ0n) is 18.2. The van der Waals surface area contributed by atoms with Crippen molar-refractivity contribution in [3.05, 3.63) is 100 Å². The largest absolute Gasteiger partial charge is 0.373 e. The summed E-state index contributed by atoms with van der Waals surface area (Å²) in [5.74, 6) is -2.74. The summed E-state index contributed by atoms with van der Waals surface area (Å²) in [6.45, 7) is 0. The summed E-state index contributed by atoms with van der Waals surface area (Å²) in [5.41, 5.74) is 11.6. The van der Waals surface area contributed by atoms with Gasteiger partial charge in [0, 0.05) is 29.5 Å². The zero-order valence-corrected chi connectivity index (χ0v) is 19.0. The van der Waals surface area contributed by atoms with E-state index in [-0.39, 0.29) is 22.1 Å². The van der Waals surface area contributed by atoms with Crippen molar-refractivity contribution in [1.29, 1.82) is 5.26 Å². The molecule has 2 aromatic heterocycles. The molecule has 1 atom stereocenters. The van der Waals surface area contributed by atoms with Gasteiger partial charge in [-0.05, 0) is 29.8 Å². The Balaban J connectivity index is 1.59. The molecule has 0 saturated carbocycles. The second-order valence-electron chi connectivity index (χ2n) is 7.76. The van der Waals surface area contributed by atoms with E-state index >= 15 is 0 Å². The van der Waals surface area contributed by atoms with Crippen LogP contribution in [-0.4, -0.2) is 9.97 Å². The number of anilines is 3. The zero-order chi connectivity index (χ0) is 25.2. The molecule has 0 radical (unpaired) electrons. The Kier molecular flexibility index (Phi) is 6.20.